The van der Waals surface area contributed by atoms with Crippen LogP contribution in [0.3, 0.4) is 0 Å². The highest BCUT2D eigenvalue weighted by Gasteiger charge is 2.63. The standard InChI is InChI=1S/C25H22O5/c1-14-11-17(28-2)7-9-19(14)16-5-3-15(4-6-16)13-29-18-8-10-20-21(12-18)30-24-22(20)23(24)25(26)27/h3-12,22-24H,13H2,1-2H3,(H,26,27)/t22-,23-,24-/m1/s1. The number of rotatable bonds is 6. The van der Waals surface area contributed by atoms with E-state index >= 15 is 0 Å². The maximum absolute atomic E-state index is 11.2. The maximum atomic E-state index is 11.2. The molecule has 0 aromatic heterocycles. The number of methoxy groups -OCH3 is 1. The molecule has 3 atom stereocenters. The van der Waals surface area contributed by atoms with Gasteiger partial charge in [-0.1, -0.05) is 36.4 Å². The van der Waals surface area contributed by atoms with Gasteiger partial charge >= 0.3 is 5.97 Å². The van der Waals surface area contributed by atoms with Crippen molar-refractivity contribution in [2.45, 2.75) is 25.6 Å². The second-order valence-electron chi connectivity index (χ2n) is 7.84. The second-order valence-corrected chi connectivity index (χ2v) is 7.84. The molecule has 1 aliphatic heterocycles. The monoisotopic (exact) mass is 402 g/mol. The Labute approximate surface area is 174 Å². The molecular formula is C25H22O5. The molecule has 1 aliphatic carbocycles. The van der Waals surface area contributed by atoms with Gasteiger partial charge in [-0.2, -0.15) is 0 Å². The summed E-state index contributed by atoms with van der Waals surface area (Å²) in [5.74, 6) is 1.11. The molecule has 5 rings (SSSR count). The molecule has 0 amide bonds. The van der Waals surface area contributed by atoms with E-state index in [2.05, 4.69) is 37.3 Å². The summed E-state index contributed by atoms with van der Waals surface area (Å²) in [5, 5.41) is 9.17. The highest BCUT2D eigenvalue weighted by atomic mass is 16.5. The highest BCUT2D eigenvalue weighted by Crippen LogP contribution is 2.58. The lowest BCUT2D eigenvalue weighted by molar-refractivity contribution is -0.139. The van der Waals surface area contributed by atoms with Crippen LogP contribution in [0.1, 0.15) is 22.6 Å². The first-order valence-electron chi connectivity index (χ1n) is 9.95. The number of carbonyl (C=O) groups is 1. The average molecular weight is 402 g/mol. The lowest BCUT2D eigenvalue weighted by atomic mass is 9.99. The first kappa shape index (κ1) is 18.6. The van der Waals surface area contributed by atoms with Crippen molar-refractivity contribution < 1.29 is 24.1 Å². The number of carboxylic acid groups (broad SMARTS) is 1. The van der Waals surface area contributed by atoms with Gasteiger partial charge in [0.1, 0.15) is 35.9 Å². The van der Waals surface area contributed by atoms with Crippen LogP contribution in [0.5, 0.6) is 17.2 Å². The molecule has 5 nitrogen and oxygen atoms in total. The molecule has 3 aromatic carbocycles. The molecular weight excluding hydrogens is 380 g/mol. The summed E-state index contributed by atoms with van der Waals surface area (Å²) < 4.78 is 17.0. The summed E-state index contributed by atoms with van der Waals surface area (Å²) in [7, 11) is 1.67. The molecule has 1 fully saturated rings. The Balaban J connectivity index is 1.24. The van der Waals surface area contributed by atoms with Gasteiger partial charge in [0.25, 0.3) is 0 Å². The molecule has 5 heteroatoms. The quantitative estimate of drug-likeness (QED) is 0.641. The van der Waals surface area contributed by atoms with Gasteiger partial charge in [-0.15, -0.1) is 0 Å². The van der Waals surface area contributed by atoms with E-state index in [4.69, 9.17) is 14.2 Å². The molecule has 0 unspecified atom stereocenters. The van der Waals surface area contributed by atoms with Gasteiger partial charge in [-0.05, 0) is 47.4 Å². The Morgan fingerprint density at radius 3 is 2.50 bits per heavy atom. The summed E-state index contributed by atoms with van der Waals surface area (Å²) in [5.41, 5.74) is 5.54. The van der Waals surface area contributed by atoms with Crippen LogP contribution in [-0.4, -0.2) is 24.3 Å². The fourth-order valence-electron chi connectivity index (χ4n) is 4.26. The molecule has 0 bridgehead atoms. The van der Waals surface area contributed by atoms with E-state index in [1.54, 1.807) is 7.11 Å². The van der Waals surface area contributed by atoms with Crippen LogP contribution >= 0.6 is 0 Å². The minimum Gasteiger partial charge on any atom is -0.497 e. The zero-order chi connectivity index (χ0) is 20.8. The average Bonchev–Trinajstić information content (AvgIpc) is 3.35. The highest BCUT2D eigenvalue weighted by molar-refractivity contribution is 5.79. The predicted octanol–water partition coefficient (Wildman–Crippen LogP) is 4.81. The van der Waals surface area contributed by atoms with Crippen molar-refractivity contribution in [3.63, 3.8) is 0 Å². The zero-order valence-corrected chi connectivity index (χ0v) is 16.8. The van der Waals surface area contributed by atoms with Crippen molar-refractivity contribution in [2.24, 2.45) is 5.92 Å². The SMILES string of the molecule is COc1ccc(-c2ccc(COc3ccc4c(c3)O[C@H]3[C@H](C(=O)O)[C@@H]43)cc2)c(C)c1. The van der Waals surface area contributed by atoms with E-state index in [1.807, 2.05) is 30.3 Å². The van der Waals surface area contributed by atoms with E-state index in [1.165, 1.54) is 11.1 Å². The van der Waals surface area contributed by atoms with Gasteiger partial charge in [0.15, 0.2) is 0 Å². The van der Waals surface area contributed by atoms with Crippen molar-refractivity contribution in [1.29, 1.82) is 0 Å². The summed E-state index contributed by atoms with van der Waals surface area (Å²) in [4.78, 5) is 11.2. The predicted molar refractivity (Wildman–Crippen MR) is 112 cm³/mol. The van der Waals surface area contributed by atoms with Crippen LogP contribution in [0.4, 0.5) is 0 Å². The van der Waals surface area contributed by atoms with Crippen LogP contribution in [0.2, 0.25) is 0 Å². The Morgan fingerprint density at radius 2 is 1.80 bits per heavy atom. The van der Waals surface area contributed by atoms with Gasteiger partial charge in [0.05, 0.1) is 7.11 Å². The van der Waals surface area contributed by atoms with E-state index in [-0.39, 0.29) is 12.0 Å². The van der Waals surface area contributed by atoms with Gasteiger partial charge in [0, 0.05) is 17.5 Å². The Kier molecular flexibility index (Phi) is 4.39. The third-order valence-electron chi connectivity index (χ3n) is 5.95. The first-order valence-corrected chi connectivity index (χ1v) is 9.95. The van der Waals surface area contributed by atoms with Crippen molar-refractivity contribution in [1.82, 2.24) is 0 Å². The van der Waals surface area contributed by atoms with Crippen LogP contribution in [0, 0.1) is 12.8 Å². The number of hydrogen-bond donors (Lipinski definition) is 1. The van der Waals surface area contributed by atoms with E-state index in [0.29, 0.717) is 6.61 Å². The fraction of sp³-hybridized carbons (Fsp3) is 0.240. The van der Waals surface area contributed by atoms with Gasteiger partial charge in [0.2, 0.25) is 0 Å². The summed E-state index contributed by atoms with van der Waals surface area (Å²) in [6.07, 6.45) is -0.221. The lowest BCUT2D eigenvalue weighted by Crippen LogP contribution is -2.08. The minimum atomic E-state index is -0.788. The van der Waals surface area contributed by atoms with Crippen molar-refractivity contribution in [3.8, 4) is 28.4 Å². The van der Waals surface area contributed by atoms with Crippen LogP contribution in [-0.2, 0) is 11.4 Å². The molecule has 3 aromatic rings. The molecule has 1 N–H and O–H groups in total. The first-order chi connectivity index (χ1) is 14.5. The van der Waals surface area contributed by atoms with Gasteiger partial charge in [-0.3, -0.25) is 4.79 Å². The van der Waals surface area contributed by atoms with Crippen LogP contribution in [0.15, 0.2) is 60.7 Å². The number of fused-ring (bicyclic) bond motifs is 3. The molecule has 1 saturated carbocycles. The van der Waals surface area contributed by atoms with Crippen molar-refractivity contribution in [3.05, 3.63) is 77.4 Å². The number of aliphatic carboxylic acids is 1. The van der Waals surface area contributed by atoms with Gasteiger partial charge < -0.3 is 19.3 Å². The van der Waals surface area contributed by atoms with E-state index < -0.39 is 11.9 Å². The summed E-state index contributed by atoms with van der Waals surface area (Å²) >= 11 is 0. The molecule has 1 heterocycles. The number of hydrogen-bond acceptors (Lipinski definition) is 4. The number of carboxylic acids is 1. The topological polar surface area (TPSA) is 65.0 Å². The maximum Gasteiger partial charge on any atom is 0.311 e. The Hall–Kier alpha value is -3.47. The number of aryl methyl sites for hydroxylation is 1. The Morgan fingerprint density at radius 1 is 1.03 bits per heavy atom. The largest absolute Gasteiger partial charge is 0.497 e. The normalized spacial score (nSPS) is 20.7. The minimum absolute atomic E-state index is 0.0134. The fourth-order valence-corrected chi connectivity index (χ4v) is 4.26. The van der Waals surface area contributed by atoms with E-state index in [9.17, 15) is 9.90 Å². The molecule has 0 radical (unpaired) electrons. The molecule has 0 spiro atoms. The second kappa shape index (κ2) is 7.10. The molecule has 152 valence electrons. The lowest BCUT2D eigenvalue weighted by Gasteiger charge is -2.11. The van der Waals surface area contributed by atoms with Crippen molar-refractivity contribution in [2.75, 3.05) is 7.11 Å². The van der Waals surface area contributed by atoms with E-state index in [0.717, 1.165) is 33.9 Å². The summed E-state index contributed by atoms with van der Waals surface area (Å²) in [6.45, 7) is 2.53. The van der Waals surface area contributed by atoms with Crippen molar-refractivity contribution >= 4 is 5.97 Å². The summed E-state index contributed by atoms with van der Waals surface area (Å²) in [6, 6.07) is 20.1. The third kappa shape index (κ3) is 3.16. The zero-order valence-electron chi connectivity index (χ0n) is 16.8. The van der Waals surface area contributed by atoms with Crippen LogP contribution < -0.4 is 14.2 Å². The number of benzene rings is 3. The Bertz CT molecular complexity index is 1120. The third-order valence-corrected chi connectivity index (χ3v) is 5.95. The molecule has 0 saturated heterocycles. The molecule has 30 heavy (non-hydrogen) atoms. The number of ether oxygens (including phenoxy) is 3. The smallest absolute Gasteiger partial charge is 0.311 e. The van der Waals surface area contributed by atoms with Crippen LogP contribution in [0.25, 0.3) is 11.1 Å². The molecule has 2 aliphatic rings. The van der Waals surface area contributed by atoms with Gasteiger partial charge in [-0.25, -0.2) is 0 Å².